The standard InChI is InChI=1S/C22H24FN3O2S.ClH/c1-16-3-8-19-20(15-16)29-22(24-19)26(10-2-9-25-11-13-28-14-12-25)21(27)17-4-6-18(23)7-5-17;/h3-8,15H,2,9-14H2,1H3;1H. The summed E-state index contributed by atoms with van der Waals surface area (Å²) < 4.78 is 19.8. The lowest BCUT2D eigenvalue weighted by molar-refractivity contribution is 0.0376. The van der Waals surface area contributed by atoms with Gasteiger partial charge in [-0.15, -0.1) is 12.4 Å². The molecular weight excluding hydrogens is 425 g/mol. The van der Waals surface area contributed by atoms with E-state index in [1.807, 2.05) is 19.1 Å². The topological polar surface area (TPSA) is 45.7 Å². The highest BCUT2D eigenvalue weighted by Gasteiger charge is 2.22. The summed E-state index contributed by atoms with van der Waals surface area (Å²) in [4.78, 5) is 22.0. The molecule has 0 atom stereocenters. The molecule has 0 saturated carbocycles. The van der Waals surface area contributed by atoms with E-state index < -0.39 is 0 Å². The molecule has 1 aliphatic rings. The second-order valence-electron chi connectivity index (χ2n) is 7.24. The van der Waals surface area contributed by atoms with Crippen molar-refractivity contribution >= 4 is 45.0 Å². The molecule has 4 rings (SSSR count). The Morgan fingerprint density at radius 1 is 1.20 bits per heavy atom. The second-order valence-corrected chi connectivity index (χ2v) is 8.25. The van der Waals surface area contributed by atoms with E-state index in [9.17, 15) is 9.18 Å². The van der Waals surface area contributed by atoms with Crippen LogP contribution in [-0.4, -0.2) is 55.2 Å². The normalized spacial score (nSPS) is 14.5. The van der Waals surface area contributed by atoms with Crippen molar-refractivity contribution in [3.8, 4) is 0 Å². The maximum atomic E-state index is 13.3. The number of thiazole rings is 1. The molecule has 0 aliphatic carbocycles. The minimum absolute atomic E-state index is 0. The molecule has 0 spiro atoms. The predicted octanol–water partition coefficient (Wildman–Crippen LogP) is 4.53. The summed E-state index contributed by atoms with van der Waals surface area (Å²) in [6, 6.07) is 11.8. The number of halogens is 2. The van der Waals surface area contributed by atoms with Crippen molar-refractivity contribution in [1.29, 1.82) is 0 Å². The number of carbonyl (C=O) groups excluding carboxylic acids is 1. The second kappa shape index (κ2) is 10.3. The lowest BCUT2D eigenvalue weighted by atomic mass is 10.2. The van der Waals surface area contributed by atoms with E-state index in [-0.39, 0.29) is 24.1 Å². The third-order valence-corrected chi connectivity index (χ3v) is 6.10. The van der Waals surface area contributed by atoms with Gasteiger partial charge in [0.15, 0.2) is 5.13 Å². The molecule has 8 heteroatoms. The van der Waals surface area contributed by atoms with Crippen LogP contribution in [0.25, 0.3) is 10.2 Å². The van der Waals surface area contributed by atoms with Gasteiger partial charge in [-0.1, -0.05) is 17.4 Å². The molecule has 160 valence electrons. The van der Waals surface area contributed by atoms with Crippen molar-refractivity contribution < 1.29 is 13.9 Å². The molecule has 0 unspecified atom stereocenters. The van der Waals surface area contributed by atoms with E-state index in [1.54, 1.807) is 4.90 Å². The number of hydrogen-bond donors (Lipinski definition) is 0. The van der Waals surface area contributed by atoms with Crippen molar-refractivity contribution in [2.75, 3.05) is 44.3 Å². The number of rotatable bonds is 6. The summed E-state index contributed by atoms with van der Waals surface area (Å²) in [6.07, 6.45) is 0.835. The Hall–Kier alpha value is -2.06. The van der Waals surface area contributed by atoms with E-state index >= 15 is 0 Å². The summed E-state index contributed by atoms with van der Waals surface area (Å²) in [5.74, 6) is -0.501. The van der Waals surface area contributed by atoms with Gasteiger partial charge in [0, 0.05) is 31.7 Å². The number of anilines is 1. The Morgan fingerprint density at radius 3 is 2.67 bits per heavy atom. The SMILES string of the molecule is Cc1ccc2nc(N(CCCN3CCOCC3)C(=O)c3ccc(F)cc3)sc2c1.Cl. The first-order valence-corrected chi connectivity index (χ1v) is 10.7. The predicted molar refractivity (Wildman–Crippen MR) is 122 cm³/mol. The number of fused-ring (bicyclic) bond motifs is 1. The maximum Gasteiger partial charge on any atom is 0.260 e. The first-order chi connectivity index (χ1) is 14.1. The van der Waals surface area contributed by atoms with E-state index in [0.29, 0.717) is 17.2 Å². The minimum atomic E-state index is -0.351. The van der Waals surface area contributed by atoms with Gasteiger partial charge in [0.2, 0.25) is 0 Å². The zero-order valence-electron chi connectivity index (χ0n) is 16.8. The van der Waals surface area contributed by atoms with Crippen molar-refractivity contribution in [2.24, 2.45) is 0 Å². The van der Waals surface area contributed by atoms with Crippen molar-refractivity contribution in [3.63, 3.8) is 0 Å². The fourth-order valence-corrected chi connectivity index (χ4v) is 4.53. The van der Waals surface area contributed by atoms with E-state index in [4.69, 9.17) is 9.72 Å². The molecule has 0 N–H and O–H groups in total. The molecule has 3 aromatic rings. The summed E-state index contributed by atoms with van der Waals surface area (Å²) in [5, 5.41) is 0.682. The molecule has 0 bridgehead atoms. The van der Waals surface area contributed by atoms with E-state index in [0.717, 1.165) is 55.0 Å². The summed E-state index contributed by atoms with van der Waals surface area (Å²) in [5.41, 5.74) is 2.52. The number of aryl methyl sites for hydroxylation is 1. The third kappa shape index (κ3) is 5.35. The van der Waals surface area contributed by atoms with Gasteiger partial charge in [-0.2, -0.15) is 0 Å². The Morgan fingerprint density at radius 2 is 1.93 bits per heavy atom. The Labute approximate surface area is 185 Å². The summed E-state index contributed by atoms with van der Waals surface area (Å²) in [7, 11) is 0. The zero-order chi connectivity index (χ0) is 20.2. The number of nitrogens with zero attached hydrogens (tertiary/aromatic N) is 3. The van der Waals surface area contributed by atoms with Crippen LogP contribution in [0.5, 0.6) is 0 Å². The van der Waals surface area contributed by atoms with Crippen LogP contribution in [0.1, 0.15) is 22.3 Å². The molecule has 1 aromatic heterocycles. The number of ether oxygens (including phenoxy) is 1. The average molecular weight is 450 g/mol. The number of carbonyl (C=O) groups is 1. The van der Waals surface area contributed by atoms with Crippen molar-refractivity contribution in [3.05, 3.63) is 59.4 Å². The van der Waals surface area contributed by atoms with Crippen LogP contribution in [0.15, 0.2) is 42.5 Å². The van der Waals surface area contributed by atoms with Crippen molar-refractivity contribution in [2.45, 2.75) is 13.3 Å². The van der Waals surface area contributed by atoms with Gasteiger partial charge < -0.3 is 4.74 Å². The van der Waals surface area contributed by atoms with E-state index in [1.165, 1.54) is 35.6 Å². The molecule has 30 heavy (non-hydrogen) atoms. The van der Waals surface area contributed by atoms with Gasteiger partial charge >= 0.3 is 0 Å². The lowest BCUT2D eigenvalue weighted by Gasteiger charge is -2.27. The van der Waals surface area contributed by atoms with Crippen molar-refractivity contribution in [1.82, 2.24) is 9.88 Å². The van der Waals surface area contributed by atoms with Crippen LogP contribution in [-0.2, 0) is 4.74 Å². The fraction of sp³-hybridized carbons (Fsp3) is 0.364. The average Bonchev–Trinajstić information content (AvgIpc) is 3.15. The molecule has 2 heterocycles. The monoisotopic (exact) mass is 449 g/mol. The van der Waals surface area contributed by atoms with Gasteiger partial charge in [-0.05, 0) is 55.3 Å². The number of morpholine rings is 1. The Bertz CT molecular complexity index is 990. The Balaban J connectivity index is 0.00000256. The van der Waals surface area contributed by atoms with Gasteiger partial charge in [0.25, 0.3) is 5.91 Å². The molecule has 2 aromatic carbocycles. The molecular formula is C22H25ClFN3O2S. The van der Waals surface area contributed by atoms with Gasteiger partial charge in [0.1, 0.15) is 5.82 Å². The molecule has 1 aliphatic heterocycles. The lowest BCUT2D eigenvalue weighted by Crippen LogP contribution is -2.39. The smallest absolute Gasteiger partial charge is 0.260 e. The largest absolute Gasteiger partial charge is 0.379 e. The van der Waals surface area contributed by atoms with E-state index in [2.05, 4.69) is 11.0 Å². The minimum Gasteiger partial charge on any atom is -0.379 e. The zero-order valence-corrected chi connectivity index (χ0v) is 18.5. The molecule has 1 fully saturated rings. The molecule has 1 amide bonds. The Kier molecular flexibility index (Phi) is 7.77. The molecule has 5 nitrogen and oxygen atoms in total. The number of hydrogen-bond acceptors (Lipinski definition) is 5. The molecule has 0 radical (unpaired) electrons. The quantitative estimate of drug-likeness (QED) is 0.554. The van der Waals surface area contributed by atoms with Crippen LogP contribution in [0, 0.1) is 12.7 Å². The highest BCUT2D eigenvalue weighted by molar-refractivity contribution is 7.22. The fourth-order valence-electron chi connectivity index (χ4n) is 3.44. The van der Waals surface area contributed by atoms with Gasteiger partial charge in [-0.25, -0.2) is 9.37 Å². The first kappa shape index (κ1) is 22.6. The first-order valence-electron chi connectivity index (χ1n) is 9.85. The number of amides is 1. The molecule has 1 saturated heterocycles. The number of benzene rings is 2. The van der Waals surface area contributed by atoms with Crippen LogP contribution >= 0.6 is 23.7 Å². The highest BCUT2D eigenvalue weighted by Crippen LogP contribution is 2.30. The summed E-state index contributed by atoms with van der Waals surface area (Å²) in [6.45, 7) is 6.87. The maximum absolute atomic E-state index is 13.3. The van der Waals surface area contributed by atoms with Gasteiger partial charge in [0.05, 0.1) is 23.4 Å². The van der Waals surface area contributed by atoms with Crippen LogP contribution < -0.4 is 4.90 Å². The number of aromatic nitrogens is 1. The van der Waals surface area contributed by atoms with Crippen LogP contribution in [0.2, 0.25) is 0 Å². The van der Waals surface area contributed by atoms with Crippen LogP contribution in [0.3, 0.4) is 0 Å². The van der Waals surface area contributed by atoms with Gasteiger partial charge in [-0.3, -0.25) is 14.6 Å². The van der Waals surface area contributed by atoms with Crippen LogP contribution in [0.4, 0.5) is 9.52 Å². The third-order valence-electron chi connectivity index (χ3n) is 5.06. The highest BCUT2D eigenvalue weighted by atomic mass is 35.5. The summed E-state index contributed by atoms with van der Waals surface area (Å²) >= 11 is 1.52.